The molecule has 1 aliphatic heterocycles. The molecule has 0 spiro atoms. The van der Waals surface area contributed by atoms with Crippen molar-refractivity contribution in [3.63, 3.8) is 0 Å². The first-order valence-electron chi connectivity index (χ1n) is 7.59. The van der Waals surface area contributed by atoms with Gasteiger partial charge in [-0.15, -0.1) is 0 Å². The van der Waals surface area contributed by atoms with Gasteiger partial charge in [-0.2, -0.15) is 5.10 Å². The molecule has 2 aromatic heterocycles. The van der Waals surface area contributed by atoms with Crippen LogP contribution in [0.4, 0.5) is 0 Å². The minimum Gasteiger partial charge on any atom is -0.459 e. The quantitative estimate of drug-likeness (QED) is 0.819. The first-order chi connectivity index (χ1) is 11.1. The van der Waals surface area contributed by atoms with Crippen molar-refractivity contribution >= 4 is 11.8 Å². The highest BCUT2D eigenvalue weighted by Gasteiger charge is 2.28. The van der Waals surface area contributed by atoms with Crippen LogP contribution in [0, 0.1) is 5.92 Å². The number of furan rings is 1. The number of hydrogen-bond donors (Lipinski definition) is 0. The third-order valence-electron chi connectivity index (χ3n) is 3.96. The number of piperazine rings is 1. The zero-order valence-electron chi connectivity index (χ0n) is 13.0. The van der Waals surface area contributed by atoms with Crippen LogP contribution < -0.4 is 0 Å². The number of rotatable bonds is 4. The number of carbonyl (C=O) groups excluding carboxylic acids is 2. The summed E-state index contributed by atoms with van der Waals surface area (Å²) in [5, 5.41) is 4.02. The standard InChI is InChI=1S/C15H19N5O3/c1-12(9-20-11-16-10-17-20)14(21)18-4-6-19(7-5-18)15(22)13-3-2-8-23-13/h2-3,8,10-12H,4-7,9H2,1H3. The summed E-state index contributed by atoms with van der Waals surface area (Å²) in [4.78, 5) is 32.1. The summed E-state index contributed by atoms with van der Waals surface area (Å²) >= 11 is 0. The lowest BCUT2D eigenvalue weighted by Gasteiger charge is -2.35. The Morgan fingerprint density at radius 3 is 2.61 bits per heavy atom. The maximum atomic E-state index is 12.5. The molecule has 0 aliphatic carbocycles. The summed E-state index contributed by atoms with van der Waals surface area (Å²) in [7, 11) is 0. The molecule has 122 valence electrons. The topological polar surface area (TPSA) is 84.5 Å². The molecule has 0 radical (unpaired) electrons. The van der Waals surface area contributed by atoms with Crippen molar-refractivity contribution in [2.24, 2.45) is 5.92 Å². The van der Waals surface area contributed by atoms with Crippen LogP contribution in [0.25, 0.3) is 0 Å². The fourth-order valence-corrected chi connectivity index (χ4v) is 2.68. The highest BCUT2D eigenvalue weighted by Crippen LogP contribution is 2.12. The molecule has 2 amide bonds. The van der Waals surface area contributed by atoms with Crippen LogP contribution in [-0.4, -0.2) is 62.6 Å². The van der Waals surface area contributed by atoms with E-state index >= 15 is 0 Å². The molecular formula is C15H19N5O3. The van der Waals surface area contributed by atoms with E-state index in [0.717, 1.165) is 0 Å². The van der Waals surface area contributed by atoms with Gasteiger partial charge < -0.3 is 14.2 Å². The van der Waals surface area contributed by atoms with Crippen molar-refractivity contribution in [3.05, 3.63) is 36.8 Å². The van der Waals surface area contributed by atoms with E-state index in [0.29, 0.717) is 38.5 Å². The van der Waals surface area contributed by atoms with Gasteiger partial charge in [0.05, 0.1) is 18.7 Å². The molecular weight excluding hydrogens is 298 g/mol. The van der Waals surface area contributed by atoms with E-state index in [4.69, 9.17) is 4.42 Å². The highest BCUT2D eigenvalue weighted by atomic mass is 16.3. The maximum Gasteiger partial charge on any atom is 0.289 e. The van der Waals surface area contributed by atoms with Crippen molar-refractivity contribution in [1.82, 2.24) is 24.6 Å². The third-order valence-corrected chi connectivity index (χ3v) is 3.96. The Balaban J connectivity index is 1.52. The molecule has 2 aromatic rings. The first-order valence-corrected chi connectivity index (χ1v) is 7.59. The minimum absolute atomic E-state index is 0.0746. The van der Waals surface area contributed by atoms with Crippen LogP contribution in [0.15, 0.2) is 35.5 Å². The summed E-state index contributed by atoms with van der Waals surface area (Å²) in [5.41, 5.74) is 0. The lowest BCUT2D eigenvalue weighted by atomic mass is 10.1. The fourth-order valence-electron chi connectivity index (χ4n) is 2.68. The molecule has 0 bridgehead atoms. The summed E-state index contributed by atoms with van der Waals surface area (Å²) in [5.74, 6) is 0.108. The third kappa shape index (κ3) is 3.41. The molecule has 8 heteroatoms. The Morgan fingerprint density at radius 1 is 1.26 bits per heavy atom. The van der Waals surface area contributed by atoms with Gasteiger partial charge in [-0.25, -0.2) is 4.98 Å². The van der Waals surface area contributed by atoms with Gasteiger partial charge in [-0.1, -0.05) is 6.92 Å². The molecule has 0 saturated carbocycles. The predicted octanol–water partition coefficient (Wildman–Crippen LogP) is 0.492. The molecule has 1 fully saturated rings. The SMILES string of the molecule is CC(Cn1cncn1)C(=O)N1CCN(C(=O)c2ccco2)CC1. The highest BCUT2D eigenvalue weighted by molar-refractivity contribution is 5.91. The average Bonchev–Trinajstić information content (AvgIpc) is 3.27. The minimum atomic E-state index is -0.177. The second-order valence-electron chi connectivity index (χ2n) is 5.61. The Hall–Kier alpha value is -2.64. The molecule has 1 unspecified atom stereocenters. The van der Waals surface area contributed by atoms with Gasteiger partial charge in [0.1, 0.15) is 12.7 Å². The van der Waals surface area contributed by atoms with E-state index in [1.54, 1.807) is 32.9 Å². The summed E-state index contributed by atoms with van der Waals surface area (Å²) < 4.78 is 6.78. The molecule has 1 aliphatic rings. The fraction of sp³-hybridized carbons (Fsp3) is 0.467. The largest absolute Gasteiger partial charge is 0.459 e. The summed E-state index contributed by atoms with van der Waals surface area (Å²) in [6.07, 6.45) is 4.54. The van der Waals surface area contributed by atoms with Gasteiger partial charge in [-0.3, -0.25) is 14.3 Å². The lowest BCUT2D eigenvalue weighted by molar-refractivity contribution is -0.137. The van der Waals surface area contributed by atoms with E-state index in [-0.39, 0.29) is 17.7 Å². The maximum absolute atomic E-state index is 12.5. The second-order valence-corrected chi connectivity index (χ2v) is 5.61. The molecule has 3 heterocycles. The van der Waals surface area contributed by atoms with E-state index < -0.39 is 0 Å². The Kier molecular flexibility index (Phi) is 4.40. The van der Waals surface area contributed by atoms with E-state index in [9.17, 15) is 9.59 Å². The first kappa shape index (κ1) is 15.3. The van der Waals surface area contributed by atoms with Crippen LogP contribution in [-0.2, 0) is 11.3 Å². The molecule has 8 nitrogen and oxygen atoms in total. The van der Waals surface area contributed by atoms with Crippen LogP contribution in [0.3, 0.4) is 0 Å². The number of nitrogens with zero attached hydrogens (tertiary/aromatic N) is 5. The second kappa shape index (κ2) is 6.64. The van der Waals surface area contributed by atoms with Crippen LogP contribution in [0.2, 0.25) is 0 Å². The van der Waals surface area contributed by atoms with Gasteiger partial charge in [0.25, 0.3) is 5.91 Å². The van der Waals surface area contributed by atoms with Crippen molar-refractivity contribution < 1.29 is 14.0 Å². The van der Waals surface area contributed by atoms with Gasteiger partial charge >= 0.3 is 0 Å². The lowest BCUT2D eigenvalue weighted by Crippen LogP contribution is -2.52. The van der Waals surface area contributed by atoms with E-state index in [2.05, 4.69) is 10.1 Å². The van der Waals surface area contributed by atoms with Crippen LogP contribution in [0.5, 0.6) is 0 Å². The van der Waals surface area contributed by atoms with Crippen LogP contribution >= 0.6 is 0 Å². The van der Waals surface area contributed by atoms with Gasteiger partial charge in [0.2, 0.25) is 5.91 Å². The van der Waals surface area contributed by atoms with Gasteiger partial charge in [-0.05, 0) is 12.1 Å². The number of amides is 2. The van der Waals surface area contributed by atoms with Gasteiger partial charge in [0.15, 0.2) is 5.76 Å². The molecule has 1 saturated heterocycles. The van der Waals surface area contributed by atoms with E-state index in [1.807, 2.05) is 6.92 Å². The average molecular weight is 317 g/mol. The zero-order valence-corrected chi connectivity index (χ0v) is 13.0. The number of aromatic nitrogens is 3. The Bertz CT molecular complexity index is 645. The monoisotopic (exact) mass is 317 g/mol. The Morgan fingerprint density at radius 2 is 2.00 bits per heavy atom. The molecule has 1 atom stereocenters. The Labute approximate surface area is 133 Å². The molecule has 0 aromatic carbocycles. The number of hydrogen-bond acceptors (Lipinski definition) is 5. The van der Waals surface area contributed by atoms with Crippen LogP contribution in [0.1, 0.15) is 17.5 Å². The van der Waals surface area contributed by atoms with Gasteiger partial charge in [0, 0.05) is 26.2 Å². The molecule has 23 heavy (non-hydrogen) atoms. The summed E-state index contributed by atoms with van der Waals surface area (Å²) in [6, 6.07) is 3.35. The molecule has 0 N–H and O–H groups in total. The van der Waals surface area contributed by atoms with Crippen molar-refractivity contribution in [2.45, 2.75) is 13.5 Å². The van der Waals surface area contributed by atoms with Crippen molar-refractivity contribution in [2.75, 3.05) is 26.2 Å². The van der Waals surface area contributed by atoms with E-state index in [1.165, 1.54) is 12.6 Å². The predicted molar refractivity (Wildman–Crippen MR) is 80.4 cm³/mol. The van der Waals surface area contributed by atoms with Crippen molar-refractivity contribution in [1.29, 1.82) is 0 Å². The van der Waals surface area contributed by atoms with Crippen molar-refractivity contribution in [3.8, 4) is 0 Å². The zero-order chi connectivity index (χ0) is 16.2. The normalized spacial score (nSPS) is 16.4. The summed E-state index contributed by atoms with van der Waals surface area (Å²) in [6.45, 7) is 4.48. The number of carbonyl (C=O) groups is 2. The molecule has 3 rings (SSSR count). The smallest absolute Gasteiger partial charge is 0.289 e.